The zero-order chi connectivity index (χ0) is 13.7. The highest BCUT2D eigenvalue weighted by Gasteiger charge is 2.16. The Morgan fingerprint density at radius 1 is 1.53 bits per heavy atom. The molecule has 102 valence electrons. The van der Waals surface area contributed by atoms with Crippen LogP contribution in [-0.4, -0.2) is 11.1 Å². The number of aromatic carboxylic acids is 1. The fourth-order valence-corrected chi connectivity index (χ4v) is 2.84. The quantitative estimate of drug-likeness (QED) is 0.811. The lowest BCUT2D eigenvalue weighted by Gasteiger charge is -2.16. The van der Waals surface area contributed by atoms with E-state index in [9.17, 15) is 4.79 Å². The minimum Gasteiger partial charge on any atom is -0.478 e. The molecule has 19 heavy (non-hydrogen) atoms. The Bertz CT molecular complexity index is 519. The highest BCUT2D eigenvalue weighted by molar-refractivity contribution is 7.10. The standard InChI is InChI=1S/C14H17NO3S/c1-2-4-11(13-5-3-8-19-13)15-9-12-10(14(16)17)6-7-18-12/h3,5-8,11,15H,2,4,9H2,1H3,(H,16,17). The second-order valence-electron chi connectivity index (χ2n) is 4.30. The van der Waals surface area contributed by atoms with E-state index >= 15 is 0 Å². The van der Waals surface area contributed by atoms with Crippen molar-refractivity contribution in [1.29, 1.82) is 0 Å². The topological polar surface area (TPSA) is 62.5 Å². The summed E-state index contributed by atoms with van der Waals surface area (Å²) in [7, 11) is 0. The van der Waals surface area contributed by atoms with Crippen LogP contribution in [0, 0.1) is 0 Å². The number of hydrogen-bond donors (Lipinski definition) is 2. The summed E-state index contributed by atoms with van der Waals surface area (Å²) in [6, 6.07) is 5.86. The number of hydrogen-bond acceptors (Lipinski definition) is 4. The summed E-state index contributed by atoms with van der Waals surface area (Å²) in [5.41, 5.74) is 0.230. The molecule has 1 unspecified atom stereocenters. The van der Waals surface area contributed by atoms with Gasteiger partial charge in [0.15, 0.2) is 0 Å². The highest BCUT2D eigenvalue weighted by atomic mass is 32.1. The van der Waals surface area contributed by atoms with Gasteiger partial charge < -0.3 is 14.8 Å². The van der Waals surface area contributed by atoms with Crippen LogP contribution in [0.2, 0.25) is 0 Å². The van der Waals surface area contributed by atoms with Crippen LogP contribution >= 0.6 is 11.3 Å². The Labute approximate surface area is 116 Å². The molecule has 0 aromatic carbocycles. The molecule has 0 saturated carbocycles. The van der Waals surface area contributed by atoms with E-state index in [0.29, 0.717) is 12.3 Å². The van der Waals surface area contributed by atoms with Crippen LogP contribution in [0.15, 0.2) is 34.3 Å². The summed E-state index contributed by atoms with van der Waals surface area (Å²) in [5, 5.41) is 14.4. The van der Waals surface area contributed by atoms with Crippen molar-refractivity contribution in [2.75, 3.05) is 0 Å². The predicted molar refractivity (Wildman–Crippen MR) is 74.5 cm³/mol. The highest BCUT2D eigenvalue weighted by Crippen LogP contribution is 2.24. The van der Waals surface area contributed by atoms with Crippen LogP contribution in [0.1, 0.15) is 46.8 Å². The van der Waals surface area contributed by atoms with Crippen LogP contribution in [0.5, 0.6) is 0 Å². The molecule has 2 rings (SSSR count). The molecule has 0 bridgehead atoms. The molecule has 0 spiro atoms. The lowest BCUT2D eigenvalue weighted by Crippen LogP contribution is -2.20. The average molecular weight is 279 g/mol. The van der Waals surface area contributed by atoms with Crippen molar-refractivity contribution in [1.82, 2.24) is 5.32 Å². The SMILES string of the molecule is CCCC(NCc1occc1C(=O)O)c1cccs1. The largest absolute Gasteiger partial charge is 0.478 e. The first kappa shape index (κ1) is 13.8. The van der Waals surface area contributed by atoms with E-state index in [0.717, 1.165) is 12.8 Å². The molecular weight excluding hydrogens is 262 g/mol. The molecule has 0 aliphatic carbocycles. The molecule has 1 atom stereocenters. The fourth-order valence-electron chi connectivity index (χ4n) is 2.01. The zero-order valence-corrected chi connectivity index (χ0v) is 11.6. The van der Waals surface area contributed by atoms with E-state index in [4.69, 9.17) is 9.52 Å². The van der Waals surface area contributed by atoms with Crippen LogP contribution in [0.4, 0.5) is 0 Å². The van der Waals surface area contributed by atoms with Gasteiger partial charge in [0.2, 0.25) is 0 Å². The second-order valence-corrected chi connectivity index (χ2v) is 5.28. The molecule has 5 heteroatoms. The monoisotopic (exact) mass is 279 g/mol. The van der Waals surface area contributed by atoms with Gasteiger partial charge in [0.1, 0.15) is 11.3 Å². The van der Waals surface area contributed by atoms with Gasteiger partial charge in [0.25, 0.3) is 0 Å². The molecule has 0 saturated heterocycles. The lowest BCUT2D eigenvalue weighted by molar-refractivity contribution is 0.0694. The molecule has 2 aromatic heterocycles. The van der Waals surface area contributed by atoms with Gasteiger partial charge >= 0.3 is 5.97 Å². The molecule has 0 aliphatic heterocycles. The maximum Gasteiger partial charge on any atom is 0.339 e. The summed E-state index contributed by atoms with van der Waals surface area (Å²) in [6.45, 7) is 2.56. The third kappa shape index (κ3) is 3.45. The molecule has 0 radical (unpaired) electrons. The third-order valence-electron chi connectivity index (χ3n) is 2.95. The van der Waals surface area contributed by atoms with Gasteiger partial charge in [-0.1, -0.05) is 19.4 Å². The summed E-state index contributed by atoms with van der Waals surface area (Å²) in [6.07, 6.45) is 3.50. The molecule has 0 amide bonds. The number of carboxylic acids is 1. The number of carboxylic acid groups (broad SMARTS) is 1. The van der Waals surface area contributed by atoms with Gasteiger partial charge in [-0.05, 0) is 23.9 Å². The minimum absolute atomic E-state index is 0.230. The second kappa shape index (κ2) is 6.54. The van der Waals surface area contributed by atoms with E-state index in [1.165, 1.54) is 17.2 Å². The summed E-state index contributed by atoms with van der Waals surface area (Å²) >= 11 is 1.71. The molecule has 0 aliphatic rings. The predicted octanol–water partition coefficient (Wildman–Crippen LogP) is 3.67. The Morgan fingerprint density at radius 3 is 3.00 bits per heavy atom. The van der Waals surface area contributed by atoms with E-state index in [2.05, 4.69) is 23.7 Å². The Balaban J connectivity index is 2.03. The van der Waals surface area contributed by atoms with E-state index in [1.807, 2.05) is 6.07 Å². The minimum atomic E-state index is -0.950. The van der Waals surface area contributed by atoms with Crippen molar-refractivity contribution < 1.29 is 14.3 Å². The summed E-state index contributed by atoms with van der Waals surface area (Å²) in [5.74, 6) is -0.473. The average Bonchev–Trinajstić information content (AvgIpc) is 3.05. The van der Waals surface area contributed by atoms with Crippen molar-refractivity contribution in [3.8, 4) is 0 Å². The lowest BCUT2D eigenvalue weighted by atomic mass is 10.1. The van der Waals surface area contributed by atoms with Crippen molar-refractivity contribution in [2.45, 2.75) is 32.4 Å². The van der Waals surface area contributed by atoms with Gasteiger partial charge in [0, 0.05) is 10.9 Å². The van der Waals surface area contributed by atoms with Crippen LogP contribution < -0.4 is 5.32 Å². The summed E-state index contributed by atoms with van der Waals surface area (Å²) in [4.78, 5) is 12.3. The normalized spacial score (nSPS) is 12.5. The number of furan rings is 1. The molecule has 2 aromatic rings. The van der Waals surface area contributed by atoms with Gasteiger partial charge in [0.05, 0.1) is 12.8 Å². The first-order valence-electron chi connectivity index (χ1n) is 6.28. The Kier molecular flexibility index (Phi) is 4.76. The number of nitrogens with one attached hydrogen (secondary N) is 1. The van der Waals surface area contributed by atoms with E-state index in [1.54, 1.807) is 11.3 Å². The fraction of sp³-hybridized carbons (Fsp3) is 0.357. The molecule has 2 heterocycles. The Morgan fingerprint density at radius 2 is 2.37 bits per heavy atom. The first-order valence-corrected chi connectivity index (χ1v) is 7.16. The van der Waals surface area contributed by atoms with Gasteiger partial charge in [-0.3, -0.25) is 0 Å². The number of thiophene rings is 1. The number of carbonyl (C=O) groups is 1. The molecular formula is C14H17NO3S. The third-order valence-corrected chi connectivity index (χ3v) is 3.93. The zero-order valence-electron chi connectivity index (χ0n) is 10.8. The maximum absolute atomic E-state index is 11.0. The van der Waals surface area contributed by atoms with Crippen LogP contribution in [-0.2, 0) is 6.54 Å². The van der Waals surface area contributed by atoms with E-state index < -0.39 is 5.97 Å². The van der Waals surface area contributed by atoms with Crippen molar-refractivity contribution in [3.63, 3.8) is 0 Å². The first-order chi connectivity index (χ1) is 9.22. The molecule has 4 nitrogen and oxygen atoms in total. The van der Waals surface area contributed by atoms with Gasteiger partial charge in [-0.25, -0.2) is 4.79 Å². The van der Waals surface area contributed by atoms with Crippen LogP contribution in [0.3, 0.4) is 0 Å². The van der Waals surface area contributed by atoms with Crippen molar-refractivity contribution >= 4 is 17.3 Å². The van der Waals surface area contributed by atoms with Crippen molar-refractivity contribution in [2.24, 2.45) is 0 Å². The Hall–Kier alpha value is -1.59. The van der Waals surface area contributed by atoms with Gasteiger partial charge in [-0.2, -0.15) is 0 Å². The number of rotatable bonds is 7. The molecule has 0 fully saturated rings. The smallest absolute Gasteiger partial charge is 0.339 e. The maximum atomic E-state index is 11.0. The van der Waals surface area contributed by atoms with E-state index in [-0.39, 0.29) is 11.6 Å². The van der Waals surface area contributed by atoms with Gasteiger partial charge in [-0.15, -0.1) is 11.3 Å². The molecule has 2 N–H and O–H groups in total. The van der Waals surface area contributed by atoms with Crippen molar-refractivity contribution in [3.05, 3.63) is 46.0 Å². The summed E-state index contributed by atoms with van der Waals surface area (Å²) < 4.78 is 5.23. The van der Waals surface area contributed by atoms with Crippen LogP contribution in [0.25, 0.3) is 0 Å².